The lowest BCUT2D eigenvalue weighted by atomic mass is 9.98. The Morgan fingerprint density at radius 3 is 2.53 bits per heavy atom. The van der Waals surface area contributed by atoms with Crippen molar-refractivity contribution in [3.05, 3.63) is 59.9 Å². The molecule has 1 aliphatic heterocycles. The van der Waals surface area contributed by atoms with Crippen LogP contribution in [-0.4, -0.2) is 44.3 Å². The van der Waals surface area contributed by atoms with Crippen molar-refractivity contribution in [2.45, 2.75) is 13.3 Å². The maximum absolute atomic E-state index is 15.0. The molecular formula is C23H21F2N5. The van der Waals surface area contributed by atoms with Gasteiger partial charge in [-0.1, -0.05) is 13.0 Å². The third-order valence-electron chi connectivity index (χ3n) is 5.68. The third-order valence-corrected chi connectivity index (χ3v) is 5.68. The molecule has 5 rings (SSSR count). The number of benzene rings is 2. The standard InChI is InChI=1S/C23H21F2N5/c1-3-30-6-4-14(5-7-30)15-8-17-12-26-23(27-21(17)19(24)10-15)16-9-18-13-29(2)28-22(18)20(25)11-16/h4,8-13H,3,5-7H2,1-2H3. The highest BCUT2D eigenvalue weighted by atomic mass is 19.1. The average Bonchev–Trinajstić information content (AvgIpc) is 3.14. The molecule has 0 saturated carbocycles. The Balaban J connectivity index is 1.55. The number of halogens is 2. The molecule has 5 nitrogen and oxygen atoms in total. The molecule has 7 heteroatoms. The molecule has 0 atom stereocenters. The number of fused-ring (bicyclic) bond motifs is 2. The van der Waals surface area contributed by atoms with Crippen LogP contribution in [0.1, 0.15) is 18.9 Å². The Bertz CT molecular complexity index is 1310. The quantitative estimate of drug-likeness (QED) is 0.501. The van der Waals surface area contributed by atoms with E-state index in [-0.39, 0.29) is 11.3 Å². The van der Waals surface area contributed by atoms with Gasteiger partial charge in [-0.2, -0.15) is 5.10 Å². The molecule has 1 aliphatic rings. The van der Waals surface area contributed by atoms with Crippen molar-refractivity contribution < 1.29 is 8.78 Å². The summed E-state index contributed by atoms with van der Waals surface area (Å²) in [6, 6.07) is 6.58. The van der Waals surface area contributed by atoms with Crippen molar-refractivity contribution in [1.29, 1.82) is 0 Å². The van der Waals surface area contributed by atoms with E-state index in [1.807, 2.05) is 6.07 Å². The zero-order valence-electron chi connectivity index (χ0n) is 16.9. The van der Waals surface area contributed by atoms with Gasteiger partial charge in [-0.25, -0.2) is 18.7 Å². The molecule has 2 aromatic carbocycles. The minimum atomic E-state index is -0.451. The second kappa shape index (κ2) is 7.25. The summed E-state index contributed by atoms with van der Waals surface area (Å²) in [4.78, 5) is 11.1. The molecule has 0 bridgehead atoms. The van der Waals surface area contributed by atoms with Gasteiger partial charge in [0.2, 0.25) is 0 Å². The molecule has 0 amide bonds. The largest absolute Gasteiger partial charge is 0.300 e. The Morgan fingerprint density at radius 2 is 1.77 bits per heavy atom. The van der Waals surface area contributed by atoms with Gasteiger partial charge in [0.05, 0.1) is 0 Å². The van der Waals surface area contributed by atoms with Gasteiger partial charge in [0.25, 0.3) is 0 Å². The number of hydrogen-bond donors (Lipinski definition) is 0. The second-order valence-corrected chi connectivity index (χ2v) is 7.66. The summed E-state index contributed by atoms with van der Waals surface area (Å²) in [5, 5.41) is 5.39. The molecule has 0 N–H and O–H groups in total. The Labute approximate surface area is 172 Å². The lowest BCUT2D eigenvalue weighted by Crippen LogP contribution is -2.28. The van der Waals surface area contributed by atoms with Crippen LogP contribution in [0.4, 0.5) is 8.78 Å². The number of hydrogen-bond acceptors (Lipinski definition) is 4. The van der Waals surface area contributed by atoms with Crippen molar-refractivity contribution >= 4 is 27.4 Å². The maximum Gasteiger partial charge on any atom is 0.160 e. The topological polar surface area (TPSA) is 46.8 Å². The van der Waals surface area contributed by atoms with E-state index in [1.165, 1.54) is 12.1 Å². The first-order valence-electron chi connectivity index (χ1n) is 10.0. The summed E-state index contributed by atoms with van der Waals surface area (Å²) in [5.74, 6) is -0.560. The fourth-order valence-corrected chi connectivity index (χ4v) is 4.03. The Kier molecular flexibility index (Phi) is 4.55. The Morgan fingerprint density at radius 1 is 1.00 bits per heavy atom. The van der Waals surface area contributed by atoms with E-state index in [0.717, 1.165) is 37.2 Å². The van der Waals surface area contributed by atoms with E-state index in [0.29, 0.717) is 21.9 Å². The molecule has 4 aromatic rings. The number of aromatic nitrogens is 4. The first-order valence-corrected chi connectivity index (χ1v) is 10.0. The fourth-order valence-electron chi connectivity index (χ4n) is 4.03. The molecule has 0 unspecified atom stereocenters. The van der Waals surface area contributed by atoms with Crippen LogP contribution in [0.25, 0.3) is 38.8 Å². The molecule has 152 valence electrons. The van der Waals surface area contributed by atoms with E-state index < -0.39 is 11.6 Å². The third kappa shape index (κ3) is 3.25. The van der Waals surface area contributed by atoms with Gasteiger partial charge in [0.15, 0.2) is 11.6 Å². The Hall–Kier alpha value is -3.19. The monoisotopic (exact) mass is 405 g/mol. The van der Waals surface area contributed by atoms with Crippen LogP contribution in [0, 0.1) is 11.6 Å². The SMILES string of the molecule is CCN1CC=C(c2cc(F)c3nc(-c4cc(F)c5nn(C)cc5c4)ncc3c2)CC1. The number of nitrogens with zero attached hydrogens (tertiary/aromatic N) is 5. The normalized spacial score (nSPS) is 15.1. The molecule has 30 heavy (non-hydrogen) atoms. The minimum Gasteiger partial charge on any atom is -0.300 e. The highest BCUT2D eigenvalue weighted by Gasteiger charge is 2.16. The van der Waals surface area contributed by atoms with Crippen molar-refractivity contribution in [3.63, 3.8) is 0 Å². The second-order valence-electron chi connectivity index (χ2n) is 7.66. The van der Waals surface area contributed by atoms with Crippen LogP contribution in [-0.2, 0) is 7.05 Å². The molecule has 0 fully saturated rings. The van der Waals surface area contributed by atoms with Gasteiger partial charge in [-0.15, -0.1) is 0 Å². The lowest BCUT2D eigenvalue weighted by molar-refractivity contribution is 0.318. The number of likely N-dealkylation sites (N-methyl/N-ethyl adjacent to an activating group) is 1. The van der Waals surface area contributed by atoms with Crippen molar-refractivity contribution in [2.75, 3.05) is 19.6 Å². The summed E-state index contributed by atoms with van der Waals surface area (Å²) in [6.07, 6.45) is 6.39. The van der Waals surface area contributed by atoms with E-state index in [2.05, 4.69) is 33.0 Å². The van der Waals surface area contributed by atoms with Crippen LogP contribution in [0.15, 0.2) is 42.7 Å². The zero-order chi connectivity index (χ0) is 20.8. The smallest absolute Gasteiger partial charge is 0.160 e. The predicted molar refractivity (Wildman–Crippen MR) is 114 cm³/mol. The van der Waals surface area contributed by atoms with Crippen molar-refractivity contribution in [1.82, 2.24) is 24.6 Å². The minimum absolute atomic E-state index is 0.238. The molecule has 0 radical (unpaired) electrons. The summed E-state index contributed by atoms with van der Waals surface area (Å²) < 4.78 is 31.0. The summed E-state index contributed by atoms with van der Waals surface area (Å²) in [7, 11) is 1.74. The van der Waals surface area contributed by atoms with Gasteiger partial charge in [-0.3, -0.25) is 9.58 Å². The van der Waals surface area contributed by atoms with Gasteiger partial charge in [0.1, 0.15) is 16.9 Å². The molecule has 2 aromatic heterocycles. The van der Waals surface area contributed by atoms with E-state index in [1.54, 1.807) is 30.2 Å². The molecule has 3 heterocycles. The van der Waals surface area contributed by atoms with Crippen LogP contribution >= 0.6 is 0 Å². The van der Waals surface area contributed by atoms with Crippen LogP contribution in [0.5, 0.6) is 0 Å². The summed E-state index contributed by atoms with van der Waals surface area (Å²) >= 11 is 0. The fraction of sp³-hybridized carbons (Fsp3) is 0.261. The first kappa shape index (κ1) is 18.8. The van der Waals surface area contributed by atoms with E-state index in [9.17, 15) is 8.78 Å². The van der Waals surface area contributed by atoms with Gasteiger partial charge in [-0.05, 0) is 48.4 Å². The summed E-state index contributed by atoms with van der Waals surface area (Å²) in [6.45, 7) is 5.00. The van der Waals surface area contributed by atoms with E-state index in [4.69, 9.17) is 0 Å². The van der Waals surface area contributed by atoms with Crippen LogP contribution in [0.3, 0.4) is 0 Å². The molecule has 0 saturated heterocycles. The zero-order valence-corrected chi connectivity index (χ0v) is 16.9. The summed E-state index contributed by atoms with van der Waals surface area (Å²) in [5.41, 5.74) is 3.04. The highest BCUT2D eigenvalue weighted by Crippen LogP contribution is 2.29. The van der Waals surface area contributed by atoms with Gasteiger partial charge < -0.3 is 0 Å². The van der Waals surface area contributed by atoms with Gasteiger partial charge >= 0.3 is 0 Å². The predicted octanol–water partition coefficient (Wildman–Crippen LogP) is 4.57. The molecular weight excluding hydrogens is 384 g/mol. The van der Waals surface area contributed by atoms with Crippen LogP contribution in [0.2, 0.25) is 0 Å². The lowest BCUT2D eigenvalue weighted by Gasteiger charge is -2.25. The molecule has 0 aliphatic carbocycles. The maximum atomic E-state index is 15.0. The van der Waals surface area contributed by atoms with Crippen molar-refractivity contribution in [3.8, 4) is 11.4 Å². The molecule has 0 spiro atoms. The number of rotatable bonds is 3. The van der Waals surface area contributed by atoms with Crippen LogP contribution < -0.4 is 0 Å². The van der Waals surface area contributed by atoms with Gasteiger partial charge in [0, 0.05) is 48.9 Å². The van der Waals surface area contributed by atoms with Crippen molar-refractivity contribution in [2.24, 2.45) is 7.05 Å². The highest BCUT2D eigenvalue weighted by molar-refractivity contribution is 5.87. The van der Waals surface area contributed by atoms with E-state index >= 15 is 0 Å². The number of aryl methyl sites for hydroxylation is 1. The first-order chi connectivity index (χ1) is 14.5. The average molecular weight is 405 g/mol.